The molecule has 0 aliphatic carbocycles. The van der Waals surface area contributed by atoms with Crippen molar-refractivity contribution in [2.75, 3.05) is 13.1 Å². The zero-order valence-corrected chi connectivity index (χ0v) is 18.9. The van der Waals surface area contributed by atoms with Crippen molar-refractivity contribution in [2.24, 2.45) is 5.92 Å². The molecular formula is C26H27FN2O2S. The van der Waals surface area contributed by atoms with Gasteiger partial charge in [0.2, 0.25) is 5.91 Å². The van der Waals surface area contributed by atoms with Crippen molar-refractivity contribution in [2.45, 2.75) is 32.2 Å². The number of benzene rings is 2. The lowest BCUT2D eigenvalue weighted by molar-refractivity contribution is -0.126. The summed E-state index contributed by atoms with van der Waals surface area (Å²) in [5, 5.41) is 5.25. The number of piperidine rings is 1. The van der Waals surface area contributed by atoms with Crippen LogP contribution in [0, 0.1) is 11.7 Å². The van der Waals surface area contributed by atoms with E-state index in [2.05, 4.69) is 36.5 Å². The van der Waals surface area contributed by atoms with Gasteiger partial charge in [-0.25, -0.2) is 4.39 Å². The second-order valence-electron chi connectivity index (χ2n) is 8.15. The van der Waals surface area contributed by atoms with Gasteiger partial charge in [-0.2, -0.15) is 0 Å². The molecule has 1 aliphatic heterocycles. The number of carbonyl (C=O) groups is 2. The molecule has 1 aromatic heterocycles. The molecule has 3 aromatic rings. The molecule has 0 spiro atoms. The highest BCUT2D eigenvalue weighted by Crippen LogP contribution is 2.28. The van der Waals surface area contributed by atoms with Crippen molar-refractivity contribution in [3.63, 3.8) is 0 Å². The fraction of sp³-hybridized carbons (Fsp3) is 0.308. The second-order valence-corrected chi connectivity index (χ2v) is 9.13. The maximum Gasteiger partial charge on any atom is 0.253 e. The Bertz CT molecular complexity index is 1050. The van der Waals surface area contributed by atoms with Gasteiger partial charge < -0.3 is 10.2 Å². The summed E-state index contributed by atoms with van der Waals surface area (Å²) in [5.74, 6) is -0.846. The average Bonchev–Trinajstić information content (AvgIpc) is 3.37. The van der Waals surface area contributed by atoms with Gasteiger partial charge in [0.25, 0.3) is 5.91 Å². The van der Waals surface area contributed by atoms with E-state index >= 15 is 0 Å². The number of thiophene rings is 1. The Morgan fingerprint density at radius 2 is 1.88 bits per heavy atom. The van der Waals surface area contributed by atoms with Crippen LogP contribution in [0.3, 0.4) is 0 Å². The van der Waals surface area contributed by atoms with Crippen molar-refractivity contribution in [1.29, 1.82) is 0 Å². The van der Waals surface area contributed by atoms with Crippen LogP contribution in [0.25, 0.3) is 0 Å². The van der Waals surface area contributed by atoms with E-state index in [1.807, 2.05) is 17.5 Å². The quantitative estimate of drug-likeness (QED) is 0.561. The van der Waals surface area contributed by atoms with Gasteiger partial charge in [0.05, 0.1) is 12.0 Å². The number of carbonyl (C=O) groups excluding carboxylic acids is 2. The normalized spacial score (nSPS) is 17.1. The molecule has 2 heterocycles. The fourth-order valence-corrected chi connectivity index (χ4v) is 4.93. The van der Waals surface area contributed by atoms with E-state index in [0.29, 0.717) is 18.7 Å². The SMILES string of the molecule is CCc1ccc(C(NC(=O)C2CCCN(C(=O)c3ccc(F)cc3)C2)c2cccs2)cc1. The summed E-state index contributed by atoms with van der Waals surface area (Å²) in [6.45, 7) is 3.09. The molecule has 4 nitrogen and oxygen atoms in total. The number of nitrogens with one attached hydrogen (secondary N) is 1. The van der Waals surface area contributed by atoms with Gasteiger partial charge in [-0.05, 0) is 66.1 Å². The minimum absolute atomic E-state index is 0.0421. The summed E-state index contributed by atoms with van der Waals surface area (Å²) in [7, 11) is 0. The van der Waals surface area contributed by atoms with Gasteiger partial charge >= 0.3 is 0 Å². The Morgan fingerprint density at radius 1 is 1.12 bits per heavy atom. The van der Waals surface area contributed by atoms with Crippen LogP contribution in [-0.4, -0.2) is 29.8 Å². The number of aryl methyl sites for hydroxylation is 1. The van der Waals surface area contributed by atoms with Gasteiger partial charge in [-0.15, -0.1) is 11.3 Å². The van der Waals surface area contributed by atoms with Crippen LogP contribution in [0.4, 0.5) is 4.39 Å². The first-order chi connectivity index (χ1) is 15.5. The summed E-state index contributed by atoms with van der Waals surface area (Å²) in [4.78, 5) is 28.9. The van der Waals surface area contributed by atoms with E-state index in [-0.39, 0.29) is 29.6 Å². The summed E-state index contributed by atoms with van der Waals surface area (Å²) in [6.07, 6.45) is 2.47. The van der Waals surface area contributed by atoms with Crippen molar-refractivity contribution >= 4 is 23.2 Å². The maximum absolute atomic E-state index is 13.3. The number of hydrogen-bond donors (Lipinski definition) is 1. The number of hydrogen-bond acceptors (Lipinski definition) is 3. The van der Waals surface area contributed by atoms with Gasteiger partial charge in [-0.3, -0.25) is 9.59 Å². The molecule has 1 aliphatic rings. The van der Waals surface area contributed by atoms with Crippen molar-refractivity contribution < 1.29 is 14.0 Å². The number of halogens is 1. The molecule has 0 bridgehead atoms. The highest BCUT2D eigenvalue weighted by atomic mass is 32.1. The third-order valence-corrected chi connectivity index (χ3v) is 6.94. The topological polar surface area (TPSA) is 49.4 Å². The fourth-order valence-electron chi connectivity index (χ4n) is 4.13. The molecule has 1 N–H and O–H groups in total. The van der Waals surface area contributed by atoms with Crippen LogP contribution in [0.1, 0.15) is 52.2 Å². The Morgan fingerprint density at radius 3 is 2.53 bits per heavy atom. The van der Waals surface area contributed by atoms with Gasteiger partial charge in [0.15, 0.2) is 0 Å². The number of likely N-dealkylation sites (tertiary alicyclic amines) is 1. The van der Waals surface area contributed by atoms with E-state index in [4.69, 9.17) is 0 Å². The lowest BCUT2D eigenvalue weighted by atomic mass is 9.95. The third kappa shape index (κ3) is 5.07. The van der Waals surface area contributed by atoms with Gasteiger partial charge in [-0.1, -0.05) is 37.3 Å². The van der Waals surface area contributed by atoms with Crippen LogP contribution in [0.2, 0.25) is 0 Å². The van der Waals surface area contributed by atoms with Crippen LogP contribution in [-0.2, 0) is 11.2 Å². The molecule has 0 radical (unpaired) electrons. The highest BCUT2D eigenvalue weighted by Gasteiger charge is 2.30. The summed E-state index contributed by atoms with van der Waals surface area (Å²) >= 11 is 1.62. The van der Waals surface area contributed by atoms with E-state index < -0.39 is 0 Å². The van der Waals surface area contributed by atoms with E-state index in [1.54, 1.807) is 16.2 Å². The van der Waals surface area contributed by atoms with Crippen LogP contribution in [0.5, 0.6) is 0 Å². The number of amides is 2. The first-order valence-electron chi connectivity index (χ1n) is 11.0. The predicted molar refractivity (Wildman–Crippen MR) is 125 cm³/mol. The monoisotopic (exact) mass is 450 g/mol. The summed E-state index contributed by atoms with van der Waals surface area (Å²) in [6, 6.07) is 17.7. The summed E-state index contributed by atoms with van der Waals surface area (Å²) in [5.41, 5.74) is 2.75. The highest BCUT2D eigenvalue weighted by molar-refractivity contribution is 7.10. The molecule has 2 amide bonds. The van der Waals surface area contributed by atoms with Crippen molar-refractivity contribution in [1.82, 2.24) is 10.2 Å². The van der Waals surface area contributed by atoms with Crippen LogP contribution >= 0.6 is 11.3 Å². The second kappa shape index (κ2) is 10.1. The number of nitrogens with zero attached hydrogens (tertiary/aromatic N) is 1. The molecule has 166 valence electrons. The molecule has 1 fully saturated rings. The first-order valence-corrected chi connectivity index (χ1v) is 11.9. The van der Waals surface area contributed by atoms with Crippen molar-refractivity contribution in [3.8, 4) is 0 Å². The van der Waals surface area contributed by atoms with E-state index in [1.165, 1.54) is 29.8 Å². The minimum atomic E-state index is -0.371. The maximum atomic E-state index is 13.3. The predicted octanol–water partition coefficient (Wildman–Crippen LogP) is 5.21. The molecule has 6 heteroatoms. The first kappa shape index (κ1) is 22.2. The Labute approximate surface area is 192 Å². The molecule has 32 heavy (non-hydrogen) atoms. The minimum Gasteiger partial charge on any atom is -0.344 e. The van der Waals surface area contributed by atoms with Crippen molar-refractivity contribution in [3.05, 3.63) is 93.4 Å². The van der Waals surface area contributed by atoms with Gasteiger partial charge in [0, 0.05) is 23.5 Å². The van der Waals surface area contributed by atoms with E-state index in [0.717, 1.165) is 29.7 Å². The lowest BCUT2D eigenvalue weighted by Gasteiger charge is -2.33. The Kier molecular flexibility index (Phi) is 7.00. The van der Waals surface area contributed by atoms with E-state index in [9.17, 15) is 14.0 Å². The molecular weight excluding hydrogens is 423 g/mol. The molecule has 2 atom stereocenters. The zero-order valence-electron chi connectivity index (χ0n) is 18.1. The van der Waals surface area contributed by atoms with Gasteiger partial charge in [0.1, 0.15) is 5.82 Å². The smallest absolute Gasteiger partial charge is 0.253 e. The van der Waals surface area contributed by atoms with Crippen LogP contribution < -0.4 is 5.32 Å². The Hall–Kier alpha value is -2.99. The van der Waals surface area contributed by atoms with Crippen LogP contribution in [0.15, 0.2) is 66.0 Å². The molecule has 0 saturated carbocycles. The molecule has 4 rings (SSSR count). The number of rotatable bonds is 6. The molecule has 1 saturated heterocycles. The largest absolute Gasteiger partial charge is 0.344 e. The molecule has 2 unspecified atom stereocenters. The molecule has 2 aromatic carbocycles. The Balaban J connectivity index is 1.47. The zero-order chi connectivity index (χ0) is 22.5. The lowest BCUT2D eigenvalue weighted by Crippen LogP contribution is -2.46. The summed E-state index contributed by atoms with van der Waals surface area (Å²) < 4.78 is 13.2. The third-order valence-electron chi connectivity index (χ3n) is 6.01. The standard InChI is InChI=1S/C26H27FN2O2S/c1-2-18-7-9-19(10-8-18)24(23-6-4-16-32-23)28-25(30)21-5-3-15-29(17-21)26(31)20-11-13-22(27)14-12-20/h4,6-14,16,21,24H,2-3,5,15,17H2,1H3,(H,28,30). The average molecular weight is 451 g/mol.